The summed E-state index contributed by atoms with van der Waals surface area (Å²) in [6.07, 6.45) is -10.0. The predicted molar refractivity (Wildman–Crippen MR) is 132 cm³/mol. The number of anilines is 2. The lowest BCUT2D eigenvalue weighted by atomic mass is 10.0. The van der Waals surface area contributed by atoms with Crippen molar-refractivity contribution in [2.75, 3.05) is 36.1 Å². The zero-order valence-corrected chi connectivity index (χ0v) is 21.6. The summed E-state index contributed by atoms with van der Waals surface area (Å²) in [5, 5.41) is 8.34. The Morgan fingerprint density at radius 3 is 2.15 bits per heavy atom. The number of para-hydroxylation sites is 1. The number of rotatable bonds is 6. The molecule has 0 radical (unpaired) electrons. The lowest BCUT2D eigenvalue weighted by Gasteiger charge is -2.31. The van der Waals surface area contributed by atoms with Gasteiger partial charge in [-0.25, -0.2) is 4.68 Å². The van der Waals surface area contributed by atoms with Crippen LogP contribution < -0.4 is 9.80 Å². The lowest BCUT2D eigenvalue weighted by Crippen LogP contribution is -2.41. The monoisotopic (exact) mass is 575 g/mol. The van der Waals surface area contributed by atoms with Crippen LogP contribution >= 0.6 is 11.6 Å². The van der Waals surface area contributed by atoms with Gasteiger partial charge in [-0.15, -0.1) is 5.10 Å². The normalized spacial score (nSPS) is 14.7. The Hall–Kier alpha value is -3.32. The highest BCUT2D eigenvalue weighted by molar-refractivity contribution is 6.34. The average molecular weight is 576 g/mol. The smallest absolute Gasteiger partial charge is 0.378 e. The van der Waals surface area contributed by atoms with Gasteiger partial charge in [-0.05, 0) is 49.7 Å². The minimum Gasteiger partial charge on any atom is -0.378 e. The Morgan fingerprint density at radius 2 is 1.62 bits per heavy atom. The van der Waals surface area contributed by atoms with Crippen LogP contribution in [0.25, 0.3) is 0 Å². The minimum absolute atomic E-state index is 0.0623. The number of halogens is 7. The van der Waals surface area contributed by atoms with Gasteiger partial charge in [-0.2, -0.15) is 26.3 Å². The molecule has 0 aliphatic carbocycles. The molecule has 0 unspecified atom stereocenters. The van der Waals surface area contributed by atoms with Crippen molar-refractivity contribution in [3.63, 3.8) is 0 Å². The summed E-state index contributed by atoms with van der Waals surface area (Å²) in [5.41, 5.74) is -2.90. The molecule has 2 aromatic carbocycles. The first kappa shape index (κ1) is 28.7. The van der Waals surface area contributed by atoms with Crippen molar-refractivity contribution in [2.24, 2.45) is 0 Å². The third kappa shape index (κ3) is 6.30. The van der Waals surface area contributed by atoms with E-state index in [1.165, 1.54) is 4.90 Å². The first-order chi connectivity index (χ1) is 18.3. The second-order valence-electron chi connectivity index (χ2n) is 9.15. The van der Waals surface area contributed by atoms with E-state index in [0.717, 1.165) is 4.68 Å². The number of carbonyl (C=O) groups is 1. The van der Waals surface area contributed by atoms with Gasteiger partial charge in [0.15, 0.2) is 11.5 Å². The Labute approximate surface area is 224 Å². The van der Waals surface area contributed by atoms with Crippen LogP contribution in [0.1, 0.15) is 41.0 Å². The van der Waals surface area contributed by atoms with Gasteiger partial charge in [0.05, 0.1) is 41.6 Å². The molecule has 3 aromatic rings. The van der Waals surface area contributed by atoms with E-state index in [-0.39, 0.29) is 29.2 Å². The first-order valence-electron chi connectivity index (χ1n) is 11.9. The van der Waals surface area contributed by atoms with E-state index < -0.39 is 35.9 Å². The fraction of sp³-hybridized carbons (Fsp3) is 0.400. The maximum Gasteiger partial charge on any atom is 0.416 e. The Kier molecular flexibility index (Phi) is 8.12. The Bertz CT molecular complexity index is 1300. The Morgan fingerprint density at radius 1 is 1.03 bits per heavy atom. The van der Waals surface area contributed by atoms with Crippen molar-refractivity contribution in [1.29, 1.82) is 0 Å². The number of alkyl halides is 6. The molecule has 1 saturated heterocycles. The summed E-state index contributed by atoms with van der Waals surface area (Å²) < 4.78 is 87.1. The molecule has 0 saturated carbocycles. The summed E-state index contributed by atoms with van der Waals surface area (Å²) >= 11 is 6.35. The molecule has 0 atom stereocenters. The fourth-order valence-electron chi connectivity index (χ4n) is 4.31. The summed E-state index contributed by atoms with van der Waals surface area (Å²) in [5.74, 6) is -0.419. The van der Waals surface area contributed by atoms with Crippen molar-refractivity contribution >= 4 is 29.0 Å². The van der Waals surface area contributed by atoms with Crippen molar-refractivity contribution in [2.45, 2.75) is 38.8 Å². The van der Waals surface area contributed by atoms with Crippen LogP contribution in [-0.4, -0.2) is 53.2 Å². The predicted octanol–water partition coefficient (Wildman–Crippen LogP) is 5.91. The molecular formula is C25H24ClF6N5O2. The van der Waals surface area contributed by atoms with Gasteiger partial charge < -0.3 is 14.5 Å². The summed E-state index contributed by atoms with van der Waals surface area (Å²) in [7, 11) is 0. The third-order valence-electron chi connectivity index (χ3n) is 6.05. The molecule has 7 nitrogen and oxygen atoms in total. The van der Waals surface area contributed by atoms with Gasteiger partial charge >= 0.3 is 12.4 Å². The molecule has 2 heterocycles. The maximum atomic E-state index is 13.8. The van der Waals surface area contributed by atoms with E-state index >= 15 is 0 Å². The number of hydrogen-bond donors (Lipinski definition) is 0. The molecule has 1 aromatic heterocycles. The summed E-state index contributed by atoms with van der Waals surface area (Å²) in [6, 6.07) is 7.62. The average Bonchev–Trinajstić information content (AvgIpc) is 3.28. The van der Waals surface area contributed by atoms with Crippen LogP contribution in [0.2, 0.25) is 5.02 Å². The molecule has 1 aliphatic heterocycles. The van der Waals surface area contributed by atoms with Crippen LogP contribution in [0.15, 0.2) is 42.5 Å². The van der Waals surface area contributed by atoms with Crippen molar-refractivity contribution in [3.05, 3.63) is 69.9 Å². The standard InChI is InChI=1S/C25H24ClF6N5O2/c1-15(2)37(20-6-4-3-5-19(20)26)23(38)21-22(35-7-9-39-10-8-35)36(34-33-21)14-16-11-17(24(27,28)29)13-18(12-16)25(30,31)32/h3-6,11-13,15H,7-10,14H2,1-2H3. The number of morpholine rings is 1. The molecule has 0 bridgehead atoms. The number of ether oxygens (including phenoxy) is 1. The van der Waals surface area contributed by atoms with E-state index in [0.29, 0.717) is 49.1 Å². The molecule has 1 amide bonds. The minimum atomic E-state index is -5.00. The van der Waals surface area contributed by atoms with Crippen LogP contribution in [0.3, 0.4) is 0 Å². The highest BCUT2D eigenvalue weighted by Crippen LogP contribution is 2.37. The zero-order valence-electron chi connectivity index (χ0n) is 20.9. The second-order valence-corrected chi connectivity index (χ2v) is 9.56. The number of amides is 1. The van der Waals surface area contributed by atoms with Crippen LogP contribution in [0.5, 0.6) is 0 Å². The van der Waals surface area contributed by atoms with E-state index in [1.54, 1.807) is 43.0 Å². The van der Waals surface area contributed by atoms with Crippen molar-refractivity contribution < 1.29 is 35.9 Å². The molecule has 39 heavy (non-hydrogen) atoms. The van der Waals surface area contributed by atoms with Gasteiger partial charge in [0.2, 0.25) is 0 Å². The van der Waals surface area contributed by atoms with Crippen molar-refractivity contribution in [1.82, 2.24) is 15.0 Å². The quantitative estimate of drug-likeness (QED) is 0.342. The van der Waals surface area contributed by atoms with Crippen molar-refractivity contribution in [3.8, 4) is 0 Å². The van der Waals surface area contributed by atoms with Crippen LogP contribution in [-0.2, 0) is 23.6 Å². The fourth-order valence-corrected chi connectivity index (χ4v) is 4.53. The van der Waals surface area contributed by atoms with Gasteiger partial charge in [0.25, 0.3) is 5.91 Å². The topological polar surface area (TPSA) is 63.5 Å². The van der Waals surface area contributed by atoms with E-state index in [4.69, 9.17) is 16.3 Å². The number of nitrogens with zero attached hydrogens (tertiary/aromatic N) is 5. The summed E-state index contributed by atoms with van der Waals surface area (Å²) in [6.45, 7) is 4.23. The molecule has 1 aliphatic rings. The van der Waals surface area contributed by atoms with Gasteiger partial charge in [0, 0.05) is 19.1 Å². The molecule has 0 spiro atoms. The third-order valence-corrected chi connectivity index (χ3v) is 6.37. The van der Waals surface area contributed by atoms with E-state index in [1.807, 2.05) is 0 Å². The van der Waals surface area contributed by atoms with Crippen LogP contribution in [0.4, 0.5) is 37.8 Å². The maximum absolute atomic E-state index is 13.8. The second kappa shape index (κ2) is 11.0. The number of hydrogen-bond acceptors (Lipinski definition) is 5. The SMILES string of the molecule is CC(C)N(C(=O)c1nnn(Cc2cc(C(F)(F)F)cc(C(F)(F)F)c2)c1N1CCOCC1)c1ccccc1Cl. The van der Waals surface area contributed by atoms with E-state index in [2.05, 4.69) is 10.3 Å². The number of aromatic nitrogens is 3. The van der Waals surface area contributed by atoms with Crippen LogP contribution in [0, 0.1) is 0 Å². The Balaban J connectivity index is 1.81. The lowest BCUT2D eigenvalue weighted by molar-refractivity contribution is -0.143. The zero-order chi connectivity index (χ0) is 28.5. The molecule has 4 rings (SSSR count). The summed E-state index contributed by atoms with van der Waals surface area (Å²) in [4.78, 5) is 17.0. The van der Waals surface area contributed by atoms with Gasteiger partial charge in [-0.3, -0.25) is 4.79 Å². The number of benzene rings is 2. The number of carbonyl (C=O) groups excluding carboxylic acids is 1. The molecule has 0 N–H and O–H groups in total. The molecule has 1 fully saturated rings. The van der Waals surface area contributed by atoms with E-state index in [9.17, 15) is 31.1 Å². The molecule has 14 heteroatoms. The largest absolute Gasteiger partial charge is 0.416 e. The highest BCUT2D eigenvalue weighted by Gasteiger charge is 2.37. The molecular weight excluding hydrogens is 552 g/mol. The van der Waals surface area contributed by atoms with Gasteiger partial charge in [0.1, 0.15) is 0 Å². The first-order valence-corrected chi connectivity index (χ1v) is 12.3. The molecule has 210 valence electrons. The van der Waals surface area contributed by atoms with Gasteiger partial charge in [-0.1, -0.05) is 28.9 Å². The highest BCUT2D eigenvalue weighted by atomic mass is 35.5.